The number of rotatable bonds is 6. The molecule has 0 bridgehead atoms. The summed E-state index contributed by atoms with van der Waals surface area (Å²) >= 11 is 5.52. The second-order valence-corrected chi connectivity index (χ2v) is 3.80. The number of hydrogen-bond donors (Lipinski definition) is 2. The number of nitrogens with zero attached hydrogens (tertiary/aromatic N) is 1. The lowest BCUT2D eigenvalue weighted by Crippen LogP contribution is -2.26. The third-order valence-electron chi connectivity index (χ3n) is 2.13. The lowest BCUT2D eigenvalue weighted by molar-refractivity contribution is 0.0937. The van der Waals surface area contributed by atoms with Crippen molar-refractivity contribution in [2.24, 2.45) is 10.7 Å². The minimum atomic E-state index is -0.145. The summed E-state index contributed by atoms with van der Waals surface area (Å²) in [4.78, 5) is 15.7. The standard InChI is InChI=1S/C12H16ClN3O2/c1-18-7-6-15-12(17)9-2-4-10(5-3-9)16-11(14)8-13/h2-5H,6-8H2,1H3,(H2,14,16)(H,15,17). The van der Waals surface area contributed by atoms with Gasteiger partial charge in [0.1, 0.15) is 5.84 Å². The zero-order valence-electron chi connectivity index (χ0n) is 10.1. The summed E-state index contributed by atoms with van der Waals surface area (Å²) in [6, 6.07) is 6.79. The van der Waals surface area contributed by atoms with Gasteiger partial charge in [0.25, 0.3) is 5.91 Å². The number of nitrogens with two attached hydrogens (primary N) is 1. The second kappa shape index (κ2) is 7.68. The molecule has 5 nitrogen and oxygen atoms in total. The zero-order valence-corrected chi connectivity index (χ0v) is 10.9. The minimum Gasteiger partial charge on any atom is -0.386 e. The molecule has 1 rings (SSSR count). The first kappa shape index (κ1) is 14.5. The fourth-order valence-electron chi connectivity index (χ4n) is 1.25. The van der Waals surface area contributed by atoms with Gasteiger partial charge in [-0.05, 0) is 24.3 Å². The lowest BCUT2D eigenvalue weighted by Gasteiger charge is -2.04. The summed E-state index contributed by atoms with van der Waals surface area (Å²) in [7, 11) is 1.58. The van der Waals surface area contributed by atoms with Crippen LogP contribution in [0.2, 0.25) is 0 Å². The third kappa shape index (κ3) is 4.73. The Hall–Kier alpha value is -1.59. The van der Waals surface area contributed by atoms with Crippen LogP contribution in [-0.4, -0.2) is 37.9 Å². The number of carbonyl (C=O) groups excluding carboxylic acids is 1. The Kier molecular flexibility index (Phi) is 6.18. The molecule has 0 saturated carbocycles. The summed E-state index contributed by atoms with van der Waals surface area (Å²) in [5.41, 5.74) is 6.74. The number of nitrogens with one attached hydrogen (secondary N) is 1. The maximum Gasteiger partial charge on any atom is 0.251 e. The number of alkyl halides is 1. The summed E-state index contributed by atoms with van der Waals surface area (Å²) in [5.74, 6) is 0.376. The Morgan fingerprint density at radius 3 is 2.67 bits per heavy atom. The number of amides is 1. The highest BCUT2D eigenvalue weighted by Crippen LogP contribution is 2.13. The molecule has 0 aromatic heterocycles. The average molecular weight is 270 g/mol. The van der Waals surface area contributed by atoms with Crippen LogP contribution in [0, 0.1) is 0 Å². The van der Waals surface area contributed by atoms with Crippen molar-refractivity contribution in [2.45, 2.75) is 0 Å². The van der Waals surface area contributed by atoms with Crippen LogP contribution in [0.25, 0.3) is 0 Å². The lowest BCUT2D eigenvalue weighted by atomic mass is 10.2. The Morgan fingerprint density at radius 2 is 2.11 bits per heavy atom. The van der Waals surface area contributed by atoms with Gasteiger partial charge in [0.05, 0.1) is 18.2 Å². The Labute approximate surface area is 111 Å². The normalized spacial score (nSPS) is 11.3. The molecule has 0 aliphatic heterocycles. The fourth-order valence-corrected chi connectivity index (χ4v) is 1.31. The average Bonchev–Trinajstić information content (AvgIpc) is 2.39. The number of amidine groups is 1. The molecule has 1 aromatic rings. The van der Waals surface area contributed by atoms with E-state index < -0.39 is 0 Å². The van der Waals surface area contributed by atoms with E-state index in [2.05, 4.69) is 10.3 Å². The van der Waals surface area contributed by atoms with E-state index in [-0.39, 0.29) is 11.8 Å². The number of halogens is 1. The molecule has 3 N–H and O–H groups in total. The monoisotopic (exact) mass is 269 g/mol. The first-order chi connectivity index (χ1) is 8.67. The van der Waals surface area contributed by atoms with Gasteiger partial charge in [-0.15, -0.1) is 11.6 Å². The number of carbonyl (C=O) groups is 1. The molecule has 6 heteroatoms. The molecule has 1 aromatic carbocycles. The number of aliphatic imine (C=N–C) groups is 1. The van der Waals surface area contributed by atoms with Gasteiger partial charge in [-0.1, -0.05) is 0 Å². The van der Waals surface area contributed by atoms with Crippen LogP contribution in [0.1, 0.15) is 10.4 Å². The molecule has 0 saturated heterocycles. The molecule has 0 radical (unpaired) electrons. The highest BCUT2D eigenvalue weighted by Gasteiger charge is 2.04. The summed E-state index contributed by atoms with van der Waals surface area (Å²) < 4.78 is 4.84. The predicted molar refractivity (Wildman–Crippen MR) is 72.7 cm³/mol. The van der Waals surface area contributed by atoms with E-state index in [0.29, 0.717) is 30.2 Å². The Bertz CT molecular complexity index is 418. The first-order valence-electron chi connectivity index (χ1n) is 5.43. The first-order valence-corrected chi connectivity index (χ1v) is 5.97. The molecule has 1 amide bonds. The molecule has 0 fully saturated rings. The quantitative estimate of drug-likeness (QED) is 0.354. The van der Waals surface area contributed by atoms with Crippen molar-refractivity contribution in [3.8, 4) is 0 Å². The maximum absolute atomic E-state index is 11.7. The van der Waals surface area contributed by atoms with E-state index in [4.69, 9.17) is 22.1 Å². The molecular weight excluding hydrogens is 254 g/mol. The molecular formula is C12H16ClN3O2. The third-order valence-corrected chi connectivity index (χ3v) is 2.40. The number of hydrogen-bond acceptors (Lipinski definition) is 3. The largest absolute Gasteiger partial charge is 0.386 e. The summed E-state index contributed by atoms with van der Waals surface area (Å²) in [6.07, 6.45) is 0. The van der Waals surface area contributed by atoms with Crippen LogP contribution >= 0.6 is 11.6 Å². The van der Waals surface area contributed by atoms with Crippen LogP contribution < -0.4 is 11.1 Å². The molecule has 0 atom stereocenters. The van der Waals surface area contributed by atoms with Gasteiger partial charge in [0.15, 0.2) is 0 Å². The van der Waals surface area contributed by atoms with Crippen LogP contribution in [-0.2, 0) is 4.74 Å². The van der Waals surface area contributed by atoms with Crippen molar-refractivity contribution in [3.05, 3.63) is 29.8 Å². The van der Waals surface area contributed by atoms with Gasteiger partial charge in [0, 0.05) is 19.2 Å². The molecule has 0 aliphatic carbocycles. The molecule has 98 valence electrons. The van der Waals surface area contributed by atoms with Gasteiger partial charge in [-0.25, -0.2) is 4.99 Å². The van der Waals surface area contributed by atoms with Crippen LogP contribution in [0.15, 0.2) is 29.3 Å². The summed E-state index contributed by atoms with van der Waals surface area (Å²) in [6.45, 7) is 0.967. The Morgan fingerprint density at radius 1 is 1.44 bits per heavy atom. The highest BCUT2D eigenvalue weighted by atomic mass is 35.5. The predicted octanol–water partition coefficient (Wildman–Crippen LogP) is 1.29. The Balaban J connectivity index is 2.62. The van der Waals surface area contributed by atoms with Gasteiger partial charge in [-0.3, -0.25) is 4.79 Å². The SMILES string of the molecule is COCCNC(=O)c1ccc(N=C(N)CCl)cc1. The second-order valence-electron chi connectivity index (χ2n) is 3.53. The molecule has 18 heavy (non-hydrogen) atoms. The van der Waals surface area contributed by atoms with Crippen molar-refractivity contribution < 1.29 is 9.53 Å². The van der Waals surface area contributed by atoms with Gasteiger partial charge in [0.2, 0.25) is 0 Å². The number of methoxy groups -OCH3 is 1. The van der Waals surface area contributed by atoms with E-state index >= 15 is 0 Å². The van der Waals surface area contributed by atoms with E-state index in [1.165, 1.54) is 0 Å². The van der Waals surface area contributed by atoms with Gasteiger partial charge >= 0.3 is 0 Å². The summed E-state index contributed by atoms with van der Waals surface area (Å²) in [5, 5.41) is 2.73. The van der Waals surface area contributed by atoms with Crippen molar-refractivity contribution in [1.29, 1.82) is 0 Å². The van der Waals surface area contributed by atoms with Crippen LogP contribution in [0.3, 0.4) is 0 Å². The van der Waals surface area contributed by atoms with E-state index in [1.807, 2.05) is 0 Å². The maximum atomic E-state index is 11.7. The van der Waals surface area contributed by atoms with Crippen LogP contribution in [0.5, 0.6) is 0 Å². The van der Waals surface area contributed by atoms with Crippen LogP contribution in [0.4, 0.5) is 5.69 Å². The van der Waals surface area contributed by atoms with E-state index in [1.54, 1.807) is 31.4 Å². The minimum absolute atomic E-state index is 0.145. The molecule has 0 spiro atoms. The smallest absolute Gasteiger partial charge is 0.251 e. The highest BCUT2D eigenvalue weighted by molar-refractivity contribution is 6.28. The molecule has 0 heterocycles. The van der Waals surface area contributed by atoms with Crippen molar-refractivity contribution in [3.63, 3.8) is 0 Å². The van der Waals surface area contributed by atoms with E-state index in [0.717, 1.165) is 0 Å². The van der Waals surface area contributed by atoms with Crippen molar-refractivity contribution >= 4 is 29.0 Å². The molecule has 0 aliphatic rings. The number of benzene rings is 1. The van der Waals surface area contributed by atoms with Crippen molar-refractivity contribution in [1.82, 2.24) is 5.32 Å². The zero-order chi connectivity index (χ0) is 13.4. The molecule has 0 unspecified atom stereocenters. The topological polar surface area (TPSA) is 76.7 Å². The van der Waals surface area contributed by atoms with Gasteiger partial charge < -0.3 is 15.8 Å². The fraction of sp³-hybridized carbons (Fsp3) is 0.333. The van der Waals surface area contributed by atoms with Crippen molar-refractivity contribution in [2.75, 3.05) is 26.1 Å². The van der Waals surface area contributed by atoms with Gasteiger partial charge in [-0.2, -0.15) is 0 Å². The number of ether oxygens (including phenoxy) is 1. The van der Waals surface area contributed by atoms with E-state index in [9.17, 15) is 4.79 Å².